The van der Waals surface area contributed by atoms with Gasteiger partial charge in [0.1, 0.15) is 23.4 Å². The molecule has 0 aromatic heterocycles. The molecule has 45 heavy (non-hydrogen) atoms. The highest BCUT2D eigenvalue weighted by Crippen LogP contribution is 2.30. The van der Waals surface area contributed by atoms with Crippen molar-refractivity contribution in [2.45, 2.75) is 109 Å². The standard InChI is InChI=1S/C24H41N3O4.C10H8O.CH2O2/c1-6-7-12-17(2)25-21(28)19-15-11-16-27(19)22(29)20(18-13-9-8-10-14-18)26-23(30)31-24(3,4)5;11-10-7-3-5-8-4-1-2-6-9(8)10;2-1-3/h6,17-20H,1,7-16H2,2-5H3,(H,25,28)(H,26,30);1-7,11H;1H,(H,2,3). The Bertz CT molecular complexity index is 1250. The number of carbonyl (C=O) groups is 4. The lowest BCUT2D eigenvalue weighted by Gasteiger charge is -2.35. The van der Waals surface area contributed by atoms with Gasteiger partial charge in [0.05, 0.1) is 0 Å². The summed E-state index contributed by atoms with van der Waals surface area (Å²) in [6, 6.07) is 12.2. The number of rotatable bonds is 8. The minimum absolute atomic E-state index is 0.0251. The largest absolute Gasteiger partial charge is 0.507 e. The Hall–Kier alpha value is -4.08. The van der Waals surface area contributed by atoms with Crippen molar-refractivity contribution in [1.29, 1.82) is 0 Å². The van der Waals surface area contributed by atoms with Gasteiger partial charge in [0.25, 0.3) is 6.47 Å². The number of nitrogens with one attached hydrogen (secondary N) is 2. The third kappa shape index (κ3) is 12.4. The Morgan fingerprint density at radius 1 is 1.02 bits per heavy atom. The molecule has 10 heteroatoms. The average molecular weight is 626 g/mol. The highest BCUT2D eigenvalue weighted by molar-refractivity contribution is 5.92. The van der Waals surface area contributed by atoms with Gasteiger partial charge in [-0.25, -0.2) is 4.79 Å². The average Bonchev–Trinajstić information content (AvgIpc) is 3.50. The molecule has 248 valence electrons. The monoisotopic (exact) mass is 625 g/mol. The van der Waals surface area contributed by atoms with E-state index in [0.29, 0.717) is 18.7 Å². The number of carboxylic acid groups (broad SMARTS) is 1. The number of nitrogens with zero attached hydrogens (tertiary/aromatic N) is 1. The second-order valence-electron chi connectivity index (χ2n) is 12.6. The third-order valence-electron chi connectivity index (χ3n) is 7.86. The third-order valence-corrected chi connectivity index (χ3v) is 7.86. The van der Waals surface area contributed by atoms with Crippen LogP contribution in [0, 0.1) is 5.92 Å². The second-order valence-corrected chi connectivity index (χ2v) is 12.6. The van der Waals surface area contributed by atoms with E-state index in [1.165, 1.54) is 0 Å². The number of allylic oxidation sites excluding steroid dienone is 1. The van der Waals surface area contributed by atoms with E-state index >= 15 is 0 Å². The summed E-state index contributed by atoms with van der Waals surface area (Å²) >= 11 is 0. The number of alkyl carbamates (subject to hydrolysis) is 1. The van der Waals surface area contributed by atoms with E-state index in [1.54, 1.807) is 31.7 Å². The topological polar surface area (TPSA) is 145 Å². The summed E-state index contributed by atoms with van der Waals surface area (Å²) in [7, 11) is 0. The molecule has 3 unspecified atom stereocenters. The number of phenols is 1. The van der Waals surface area contributed by atoms with Gasteiger partial charge in [-0.1, -0.05) is 61.7 Å². The Balaban J connectivity index is 0.000000412. The summed E-state index contributed by atoms with van der Waals surface area (Å²) in [6.07, 6.45) is 9.40. The molecule has 4 N–H and O–H groups in total. The van der Waals surface area contributed by atoms with Crippen LogP contribution in [-0.2, 0) is 19.1 Å². The Labute approximate surface area is 267 Å². The first-order valence-corrected chi connectivity index (χ1v) is 15.9. The maximum absolute atomic E-state index is 13.6. The van der Waals surface area contributed by atoms with Crippen molar-refractivity contribution >= 4 is 35.2 Å². The molecule has 1 aliphatic carbocycles. The van der Waals surface area contributed by atoms with Crippen molar-refractivity contribution in [2.75, 3.05) is 6.54 Å². The minimum Gasteiger partial charge on any atom is -0.507 e. The first-order chi connectivity index (χ1) is 21.4. The molecule has 4 rings (SSSR count). The molecule has 10 nitrogen and oxygen atoms in total. The maximum Gasteiger partial charge on any atom is 0.408 e. The molecular weight excluding hydrogens is 574 g/mol. The molecule has 0 spiro atoms. The van der Waals surface area contributed by atoms with E-state index in [4.69, 9.17) is 14.6 Å². The predicted molar refractivity (Wildman–Crippen MR) is 176 cm³/mol. The number of hydrogen-bond donors (Lipinski definition) is 4. The van der Waals surface area contributed by atoms with Crippen LogP contribution in [0.2, 0.25) is 0 Å². The van der Waals surface area contributed by atoms with Gasteiger partial charge in [0.2, 0.25) is 11.8 Å². The smallest absolute Gasteiger partial charge is 0.408 e. The van der Waals surface area contributed by atoms with Crippen LogP contribution in [-0.4, -0.2) is 69.8 Å². The maximum atomic E-state index is 13.6. The molecule has 1 heterocycles. The van der Waals surface area contributed by atoms with E-state index in [2.05, 4.69) is 17.2 Å². The fourth-order valence-electron chi connectivity index (χ4n) is 5.75. The van der Waals surface area contributed by atoms with E-state index in [1.807, 2.05) is 49.4 Å². The highest BCUT2D eigenvalue weighted by Gasteiger charge is 2.41. The van der Waals surface area contributed by atoms with Gasteiger partial charge in [-0.15, -0.1) is 6.58 Å². The van der Waals surface area contributed by atoms with Crippen LogP contribution in [0.3, 0.4) is 0 Å². The Kier molecular flexibility index (Phi) is 15.4. The summed E-state index contributed by atoms with van der Waals surface area (Å²) in [5.74, 6) is 0.156. The van der Waals surface area contributed by atoms with Gasteiger partial charge < -0.3 is 30.5 Å². The predicted octanol–water partition coefficient (Wildman–Crippen LogP) is 6.17. The summed E-state index contributed by atoms with van der Waals surface area (Å²) in [5, 5.41) is 24.1. The van der Waals surface area contributed by atoms with Crippen LogP contribution in [0.4, 0.5) is 4.79 Å². The number of amides is 3. The SMILES string of the molecule is C=CCCC(C)NC(=O)C1CCCN1C(=O)C(NC(=O)OC(C)(C)C)C1CCCCC1.O=CO.Oc1cccc2ccccc12. The van der Waals surface area contributed by atoms with Gasteiger partial charge in [-0.3, -0.25) is 14.4 Å². The zero-order valence-electron chi connectivity index (χ0n) is 27.2. The Morgan fingerprint density at radius 3 is 2.29 bits per heavy atom. The number of aromatic hydroxyl groups is 1. The van der Waals surface area contributed by atoms with Crippen LogP contribution in [0.25, 0.3) is 10.8 Å². The molecule has 2 aliphatic rings. The number of phenolic OH excluding ortho intramolecular Hbond substituents is 1. The van der Waals surface area contributed by atoms with Gasteiger partial charge >= 0.3 is 6.09 Å². The summed E-state index contributed by atoms with van der Waals surface area (Å²) in [5.41, 5.74) is -0.637. The number of likely N-dealkylation sites (tertiary alicyclic amines) is 1. The summed E-state index contributed by atoms with van der Waals surface area (Å²) in [6.45, 7) is 11.4. The number of benzene rings is 2. The molecule has 0 radical (unpaired) electrons. The van der Waals surface area contributed by atoms with Crippen LogP contribution in [0.1, 0.15) is 85.5 Å². The number of hydrogen-bond acceptors (Lipinski definition) is 6. The molecule has 1 aliphatic heterocycles. The molecule has 3 amide bonds. The van der Waals surface area contributed by atoms with E-state index in [0.717, 1.165) is 62.1 Å². The van der Waals surface area contributed by atoms with Gasteiger partial charge in [0.15, 0.2) is 0 Å². The molecule has 1 saturated heterocycles. The van der Waals surface area contributed by atoms with Crippen LogP contribution in [0.15, 0.2) is 55.1 Å². The zero-order valence-corrected chi connectivity index (χ0v) is 27.2. The summed E-state index contributed by atoms with van der Waals surface area (Å²) in [4.78, 5) is 49.0. The second kappa shape index (κ2) is 18.7. The van der Waals surface area contributed by atoms with Gasteiger partial charge in [0, 0.05) is 18.0 Å². The van der Waals surface area contributed by atoms with E-state index < -0.39 is 23.8 Å². The fourth-order valence-corrected chi connectivity index (χ4v) is 5.75. The number of ether oxygens (including phenoxy) is 1. The fraction of sp³-hybridized carbons (Fsp3) is 0.543. The van der Waals surface area contributed by atoms with Crippen LogP contribution in [0.5, 0.6) is 5.75 Å². The molecule has 2 fully saturated rings. The minimum atomic E-state index is -0.651. The van der Waals surface area contributed by atoms with Crippen molar-refractivity contribution in [3.05, 3.63) is 55.1 Å². The lowest BCUT2D eigenvalue weighted by atomic mass is 9.83. The Morgan fingerprint density at radius 2 is 1.67 bits per heavy atom. The van der Waals surface area contributed by atoms with Crippen LogP contribution < -0.4 is 10.6 Å². The van der Waals surface area contributed by atoms with Crippen molar-refractivity contribution in [3.8, 4) is 5.75 Å². The quantitative estimate of drug-likeness (QED) is 0.203. The molecule has 3 atom stereocenters. The van der Waals surface area contributed by atoms with Crippen molar-refractivity contribution < 1.29 is 34.1 Å². The lowest BCUT2D eigenvalue weighted by molar-refractivity contribution is -0.141. The zero-order chi connectivity index (χ0) is 33.4. The van der Waals surface area contributed by atoms with Gasteiger partial charge in [-0.05, 0) is 83.6 Å². The highest BCUT2D eigenvalue weighted by atomic mass is 16.6. The van der Waals surface area contributed by atoms with Crippen molar-refractivity contribution in [2.24, 2.45) is 5.92 Å². The van der Waals surface area contributed by atoms with Crippen molar-refractivity contribution in [1.82, 2.24) is 15.5 Å². The van der Waals surface area contributed by atoms with Gasteiger partial charge in [-0.2, -0.15) is 0 Å². The number of carbonyl (C=O) groups excluding carboxylic acids is 3. The lowest BCUT2D eigenvalue weighted by Crippen LogP contribution is -2.57. The van der Waals surface area contributed by atoms with E-state index in [-0.39, 0.29) is 30.2 Å². The summed E-state index contributed by atoms with van der Waals surface area (Å²) < 4.78 is 5.43. The van der Waals surface area contributed by atoms with Crippen LogP contribution >= 0.6 is 0 Å². The normalized spacial score (nSPS) is 17.8. The first kappa shape index (κ1) is 37.1. The molecule has 2 aromatic rings. The molecule has 2 aromatic carbocycles. The van der Waals surface area contributed by atoms with E-state index in [9.17, 15) is 19.5 Å². The van der Waals surface area contributed by atoms with Crippen molar-refractivity contribution in [3.63, 3.8) is 0 Å². The molecular formula is C35H51N3O7. The molecule has 0 bridgehead atoms. The first-order valence-electron chi connectivity index (χ1n) is 15.9. The molecule has 1 saturated carbocycles. The number of fused-ring (bicyclic) bond motifs is 1.